The lowest BCUT2D eigenvalue weighted by molar-refractivity contribution is 1.14. The van der Waals surface area contributed by atoms with Crippen molar-refractivity contribution in [1.82, 2.24) is 9.13 Å². The average molecular weight is 1130 g/mol. The quantitative estimate of drug-likeness (QED) is 0.121. The molecule has 0 atom stereocenters. The summed E-state index contributed by atoms with van der Waals surface area (Å²) in [5, 5.41) is 4.75. The molecule has 15 aromatic rings. The fraction of sp³-hybridized carbons (Fsp3) is 0.0714. The third-order valence-electron chi connectivity index (χ3n) is 18.1. The molecule has 88 heavy (non-hydrogen) atoms. The van der Waals surface area contributed by atoms with Crippen molar-refractivity contribution in [2.75, 3.05) is 9.80 Å². The Balaban J connectivity index is 0.988. The van der Waals surface area contributed by atoms with E-state index in [2.05, 4.69) is 352 Å². The fourth-order valence-corrected chi connectivity index (χ4v) is 13.4. The van der Waals surface area contributed by atoms with Gasteiger partial charge in [0, 0.05) is 67.0 Å². The number of aromatic nitrogens is 2. The summed E-state index contributed by atoms with van der Waals surface area (Å²) in [4.78, 5) is 5.00. The van der Waals surface area contributed by atoms with Crippen molar-refractivity contribution in [2.45, 2.75) is 41.5 Å². The zero-order valence-electron chi connectivity index (χ0n) is 50.5. The maximum atomic E-state index is 2.53. The number of nitrogens with zero attached hydrogens (tertiary/aromatic N) is 4. The Bertz CT molecular complexity index is 4650. The Hall–Kier alpha value is -10.9. The summed E-state index contributed by atoms with van der Waals surface area (Å²) in [7, 11) is 0. The Labute approximate surface area is 515 Å². The summed E-state index contributed by atoms with van der Waals surface area (Å²) >= 11 is 0. The molecule has 0 spiro atoms. The van der Waals surface area contributed by atoms with Crippen molar-refractivity contribution in [3.8, 4) is 55.9 Å². The van der Waals surface area contributed by atoms with E-state index in [1.807, 2.05) is 0 Å². The van der Waals surface area contributed by atoms with Gasteiger partial charge in [-0.05, 0) is 192 Å². The van der Waals surface area contributed by atoms with E-state index in [0.717, 1.165) is 67.6 Å². The van der Waals surface area contributed by atoms with Gasteiger partial charge in [-0.15, -0.1) is 0 Å². The lowest BCUT2D eigenvalue weighted by Crippen LogP contribution is -2.13. The van der Waals surface area contributed by atoms with Gasteiger partial charge in [-0.2, -0.15) is 0 Å². The van der Waals surface area contributed by atoms with Crippen molar-refractivity contribution in [3.05, 3.63) is 325 Å². The van der Waals surface area contributed by atoms with Crippen molar-refractivity contribution >= 4 is 77.7 Å². The highest BCUT2D eigenvalue weighted by Gasteiger charge is 2.26. The molecule has 13 aromatic carbocycles. The zero-order chi connectivity index (χ0) is 59.6. The van der Waals surface area contributed by atoms with Gasteiger partial charge in [0.25, 0.3) is 0 Å². The number of benzene rings is 13. The van der Waals surface area contributed by atoms with E-state index < -0.39 is 0 Å². The standard InChI is InChI=1S/C84H66N4/c1-55-23-19-21-33-75(55)87-81-51-69(85(77-47-65(39-35-57(77)3)61-25-11-7-12-26-61)78-48-66(40-36-58(78)4)62-27-13-8-14-28-62)43-45-71(81)73-54-84-74(53-83(73)87)72-46-44-70(52-82(72)88(84)76-34-22-20-24-56(76)2)86(79-49-67(41-37-59(79)5)63-29-15-9-16-30-63)80-50-68(42-38-60(80)6)64-31-17-10-18-32-64/h7-54H,1-6H3. The fourth-order valence-electron chi connectivity index (χ4n) is 13.4. The molecule has 0 radical (unpaired) electrons. The molecule has 422 valence electrons. The molecular formula is C84H66N4. The second-order valence-electron chi connectivity index (χ2n) is 23.7. The Morgan fingerprint density at radius 2 is 0.477 bits per heavy atom. The SMILES string of the molecule is Cc1ccc(-c2ccccc2)cc1N(c1ccc2c3cc4c(cc3n(-c3ccccc3C)c2c1)c1ccc(N(c2cc(-c3ccccc3)ccc2C)c2cc(-c3ccccc3)ccc2C)cc1n4-c1ccccc1C)c1cc(-c2ccccc2)ccc1C. The molecule has 0 unspecified atom stereocenters. The molecule has 0 bridgehead atoms. The largest absolute Gasteiger partial charge is 0.310 e. The van der Waals surface area contributed by atoms with E-state index in [-0.39, 0.29) is 0 Å². The number of rotatable bonds is 12. The van der Waals surface area contributed by atoms with Crippen LogP contribution in [-0.4, -0.2) is 9.13 Å². The average Bonchev–Trinajstić information content (AvgIpc) is 1.74. The summed E-state index contributed by atoms with van der Waals surface area (Å²) in [6, 6.07) is 108. The minimum atomic E-state index is 1.08. The predicted octanol–water partition coefficient (Wildman–Crippen LogP) is 23.3. The molecule has 0 saturated carbocycles. The Kier molecular flexibility index (Phi) is 13.5. The monoisotopic (exact) mass is 1130 g/mol. The molecule has 2 heterocycles. The van der Waals surface area contributed by atoms with Crippen LogP contribution in [-0.2, 0) is 0 Å². The molecule has 4 heteroatoms. The highest BCUT2D eigenvalue weighted by Crippen LogP contribution is 2.48. The molecule has 2 aromatic heterocycles. The van der Waals surface area contributed by atoms with Gasteiger partial charge in [-0.3, -0.25) is 0 Å². The molecule has 0 aliphatic heterocycles. The molecule has 4 nitrogen and oxygen atoms in total. The molecule has 0 aliphatic rings. The number of fused-ring (bicyclic) bond motifs is 6. The van der Waals surface area contributed by atoms with E-state index in [9.17, 15) is 0 Å². The van der Waals surface area contributed by atoms with Gasteiger partial charge < -0.3 is 18.9 Å². The van der Waals surface area contributed by atoms with Gasteiger partial charge in [-0.1, -0.05) is 218 Å². The molecule has 15 rings (SSSR count). The van der Waals surface area contributed by atoms with E-state index in [0.29, 0.717) is 0 Å². The summed E-state index contributed by atoms with van der Waals surface area (Å²) in [6.07, 6.45) is 0. The lowest BCUT2D eigenvalue weighted by Gasteiger charge is -2.30. The molecule has 0 N–H and O–H groups in total. The van der Waals surface area contributed by atoms with Gasteiger partial charge in [0.15, 0.2) is 0 Å². The third kappa shape index (κ3) is 9.42. The van der Waals surface area contributed by atoms with Gasteiger partial charge >= 0.3 is 0 Å². The maximum absolute atomic E-state index is 2.53. The van der Waals surface area contributed by atoms with E-state index in [4.69, 9.17) is 0 Å². The molecule has 0 amide bonds. The van der Waals surface area contributed by atoms with E-state index >= 15 is 0 Å². The molecular weight excluding hydrogens is 1060 g/mol. The third-order valence-corrected chi connectivity index (χ3v) is 18.1. The van der Waals surface area contributed by atoms with Gasteiger partial charge in [-0.25, -0.2) is 0 Å². The number of hydrogen-bond donors (Lipinski definition) is 0. The summed E-state index contributed by atoms with van der Waals surface area (Å²) in [5.41, 5.74) is 30.2. The number of anilines is 6. The van der Waals surface area contributed by atoms with Crippen LogP contribution in [0.15, 0.2) is 291 Å². The Morgan fingerprint density at radius 1 is 0.205 bits per heavy atom. The van der Waals surface area contributed by atoms with Crippen molar-refractivity contribution in [3.63, 3.8) is 0 Å². The molecule has 0 aliphatic carbocycles. The van der Waals surface area contributed by atoms with Crippen molar-refractivity contribution in [1.29, 1.82) is 0 Å². The van der Waals surface area contributed by atoms with Gasteiger partial charge in [0.05, 0.1) is 22.1 Å². The minimum Gasteiger partial charge on any atom is -0.310 e. The van der Waals surface area contributed by atoms with Crippen LogP contribution in [0.25, 0.3) is 99.5 Å². The first-order chi connectivity index (χ1) is 43.1. The highest BCUT2D eigenvalue weighted by atomic mass is 15.2. The molecule has 0 fully saturated rings. The molecule has 0 saturated heterocycles. The lowest BCUT2D eigenvalue weighted by atomic mass is 9.99. The first-order valence-electron chi connectivity index (χ1n) is 30.6. The van der Waals surface area contributed by atoms with Crippen LogP contribution in [0, 0.1) is 41.5 Å². The van der Waals surface area contributed by atoms with E-state index in [1.54, 1.807) is 0 Å². The second kappa shape index (κ2) is 22.2. The summed E-state index contributed by atoms with van der Waals surface area (Å²) < 4.78 is 5.05. The second-order valence-corrected chi connectivity index (χ2v) is 23.7. The van der Waals surface area contributed by atoms with Crippen LogP contribution in [0.5, 0.6) is 0 Å². The van der Waals surface area contributed by atoms with Crippen LogP contribution in [0.2, 0.25) is 0 Å². The maximum Gasteiger partial charge on any atom is 0.0562 e. The van der Waals surface area contributed by atoms with Gasteiger partial charge in [0.1, 0.15) is 0 Å². The van der Waals surface area contributed by atoms with Gasteiger partial charge in [0.2, 0.25) is 0 Å². The van der Waals surface area contributed by atoms with Crippen LogP contribution in [0.1, 0.15) is 33.4 Å². The smallest absolute Gasteiger partial charge is 0.0562 e. The predicted molar refractivity (Wildman–Crippen MR) is 375 cm³/mol. The highest BCUT2D eigenvalue weighted by molar-refractivity contribution is 6.20. The normalized spacial score (nSPS) is 11.5. The van der Waals surface area contributed by atoms with Crippen LogP contribution in [0.3, 0.4) is 0 Å². The number of para-hydroxylation sites is 2. The van der Waals surface area contributed by atoms with Crippen molar-refractivity contribution in [2.24, 2.45) is 0 Å². The Morgan fingerprint density at radius 3 is 0.773 bits per heavy atom. The van der Waals surface area contributed by atoms with E-state index in [1.165, 1.54) is 99.4 Å². The first-order valence-corrected chi connectivity index (χ1v) is 30.6. The summed E-state index contributed by atoms with van der Waals surface area (Å²) in [6.45, 7) is 13.4. The topological polar surface area (TPSA) is 16.3 Å². The summed E-state index contributed by atoms with van der Waals surface area (Å²) in [5.74, 6) is 0. The van der Waals surface area contributed by atoms with Crippen LogP contribution >= 0.6 is 0 Å². The van der Waals surface area contributed by atoms with Crippen molar-refractivity contribution < 1.29 is 0 Å². The first kappa shape index (κ1) is 53.8. The number of aryl methyl sites for hydroxylation is 6. The van der Waals surface area contributed by atoms with Crippen LogP contribution in [0.4, 0.5) is 34.1 Å². The minimum absolute atomic E-state index is 1.08. The number of hydrogen-bond acceptors (Lipinski definition) is 2. The van der Waals surface area contributed by atoms with Crippen LogP contribution < -0.4 is 9.80 Å². The zero-order valence-corrected chi connectivity index (χ0v) is 50.5.